The summed E-state index contributed by atoms with van der Waals surface area (Å²) in [6, 6.07) is 0. The van der Waals surface area contributed by atoms with Gasteiger partial charge in [0.25, 0.3) is 0 Å². The first-order valence-corrected chi connectivity index (χ1v) is 2.23. The van der Waals surface area contributed by atoms with Gasteiger partial charge in [-0.05, 0) is 0 Å². The number of nitrogens with zero attached hydrogens (tertiary/aromatic N) is 2. The number of hydrazone groups is 1. The van der Waals surface area contributed by atoms with E-state index in [-0.39, 0.29) is 5.91 Å². The Balaban J connectivity index is 3.36. The van der Waals surface area contributed by atoms with E-state index in [2.05, 4.69) is 15.7 Å². The number of hydrogen-bond donors (Lipinski definition) is 2. The van der Waals surface area contributed by atoms with E-state index in [1.54, 1.807) is 0 Å². The lowest BCUT2D eigenvalue weighted by atomic mass is 10.8. The molecule has 0 saturated heterocycles. The molecule has 0 radical (unpaired) electrons. The molecular weight excluding hydrogens is 122 g/mol. The van der Waals surface area contributed by atoms with Crippen LogP contribution in [-0.4, -0.2) is 23.5 Å². The summed E-state index contributed by atoms with van der Waals surface area (Å²) in [7, 11) is 0. The van der Waals surface area contributed by atoms with Crippen LogP contribution in [-0.2, 0) is 4.79 Å². The van der Waals surface area contributed by atoms with E-state index in [0.29, 0.717) is 0 Å². The van der Waals surface area contributed by atoms with Gasteiger partial charge in [0.15, 0.2) is 0 Å². The zero-order valence-corrected chi connectivity index (χ0v) is 4.90. The van der Waals surface area contributed by atoms with Crippen LogP contribution in [0.4, 0.5) is 0 Å². The highest BCUT2D eigenvalue weighted by molar-refractivity contribution is 6.15. The van der Waals surface area contributed by atoms with E-state index in [0.717, 1.165) is 12.4 Å². The fourth-order valence-electron chi connectivity index (χ4n) is 0.191. The Morgan fingerprint density at radius 1 is 1.67 bits per heavy atom. The lowest BCUT2D eigenvalue weighted by Crippen LogP contribution is -2.12. The van der Waals surface area contributed by atoms with E-state index in [1.807, 2.05) is 0 Å². The van der Waals surface area contributed by atoms with Gasteiger partial charge in [0.05, 0.1) is 12.4 Å². The number of rotatable bonds is 2. The van der Waals surface area contributed by atoms with E-state index in [9.17, 15) is 4.79 Å². The first kappa shape index (κ1) is 7.61. The maximum Gasteiger partial charge on any atom is 0.236 e. The minimum absolute atomic E-state index is 0.266. The molecule has 2 N–H and O–H groups in total. The van der Waals surface area contributed by atoms with Gasteiger partial charge >= 0.3 is 0 Å². The van der Waals surface area contributed by atoms with Crippen molar-refractivity contribution in [3.8, 4) is 0 Å². The molecule has 0 atom stereocenters. The predicted octanol–water partition coefficient (Wildman–Crippen LogP) is -0.432. The average molecular weight is 129 g/mol. The van der Waals surface area contributed by atoms with Crippen molar-refractivity contribution in [3.63, 3.8) is 0 Å². The maximum atomic E-state index is 10.1. The Hall–Kier alpha value is -1.39. The second-order valence-corrected chi connectivity index (χ2v) is 1.21. The van der Waals surface area contributed by atoms with Crippen LogP contribution in [0.25, 0.3) is 0 Å². The lowest BCUT2D eigenvalue weighted by molar-refractivity contribution is -0.118. The van der Waals surface area contributed by atoms with Crippen LogP contribution in [0.15, 0.2) is 10.3 Å². The highest BCUT2D eigenvalue weighted by atomic mass is 16.4. The van der Waals surface area contributed by atoms with Crippen LogP contribution in [0.1, 0.15) is 6.92 Å². The van der Waals surface area contributed by atoms with Gasteiger partial charge in [-0.3, -0.25) is 4.79 Å². The maximum absolute atomic E-state index is 10.1. The predicted molar refractivity (Wildman–Crippen MR) is 32.6 cm³/mol. The summed E-state index contributed by atoms with van der Waals surface area (Å²) in [5, 5.41) is 13.7. The molecule has 0 fully saturated rings. The number of amides is 1. The van der Waals surface area contributed by atoms with E-state index >= 15 is 0 Å². The molecule has 0 heterocycles. The Labute approximate surface area is 52.1 Å². The summed E-state index contributed by atoms with van der Waals surface area (Å²) in [6.07, 6.45) is 2.19. The standard InChI is InChI=1S/C4H7N3O2/c1-4(8)7-5-2-3-6-9/h2-3,9H,1H3,(H,7,8)/b5-2+,6-3+. The summed E-state index contributed by atoms with van der Waals surface area (Å²) in [5.41, 5.74) is 2.11. The van der Waals surface area contributed by atoms with Crippen molar-refractivity contribution in [2.45, 2.75) is 6.92 Å². The first-order valence-electron chi connectivity index (χ1n) is 2.23. The number of carbonyl (C=O) groups is 1. The van der Waals surface area contributed by atoms with Crippen LogP contribution in [0.5, 0.6) is 0 Å². The topological polar surface area (TPSA) is 74.0 Å². The molecule has 0 unspecified atom stereocenters. The molecular formula is C4H7N3O2. The van der Waals surface area contributed by atoms with Crippen LogP contribution >= 0.6 is 0 Å². The quantitative estimate of drug-likeness (QED) is 0.301. The molecule has 0 aromatic carbocycles. The first-order chi connectivity index (χ1) is 4.27. The summed E-state index contributed by atoms with van der Waals surface area (Å²) >= 11 is 0. The summed E-state index contributed by atoms with van der Waals surface area (Å²) < 4.78 is 0. The van der Waals surface area contributed by atoms with Crippen LogP contribution in [0.2, 0.25) is 0 Å². The second kappa shape index (κ2) is 4.76. The van der Waals surface area contributed by atoms with Gasteiger partial charge < -0.3 is 5.21 Å². The number of hydrogen-bond acceptors (Lipinski definition) is 4. The summed E-state index contributed by atoms with van der Waals surface area (Å²) in [4.78, 5) is 10.1. The van der Waals surface area contributed by atoms with Crippen molar-refractivity contribution in [1.29, 1.82) is 0 Å². The molecule has 0 saturated carbocycles. The van der Waals surface area contributed by atoms with Gasteiger partial charge in [-0.25, -0.2) is 5.43 Å². The van der Waals surface area contributed by atoms with Gasteiger partial charge in [-0.1, -0.05) is 5.16 Å². The van der Waals surface area contributed by atoms with Crippen molar-refractivity contribution in [2.24, 2.45) is 10.3 Å². The molecule has 50 valence electrons. The lowest BCUT2D eigenvalue weighted by Gasteiger charge is -1.85. The average Bonchev–Trinajstić information content (AvgIpc) is 1.80. The Kier molecular flexibility index (Phi) is 4.03. The van der Waals surface area contributed by atoms with Gasteiger partial charge in [0, 0.05) is 6.92 Å². The highest BCUT2D eigenvalue weighted by Gasteiger charge is 1.79. The van der Waals surface area contributed by atoms with Crippen molar-refractivity contribution in [2.75, 3.05) is 0 Å². The van der Waals surface area contributed by atoms with E-state index in [4.69, 9.17) is 5.21 Å². The fraction of sp³-hybridized carbons (Fsp3) is 0.250. The molecule has 1 amide bonds. The van der Waals surface area contributed by atoms with Crippen LogP contribution in [0.3, 0.4) is 0 Å². The fourth-order valence-corrected chi connectivity index (χ4v) is 0.191. The van der Waals surface area contributed by atoms with Crippen molar-refractivity contribution in [1.82, 2.24) is 5.43 Å². The number of oxime groups is 1. The minimum atomic E-state index is -0.266. The minimum Gasteiger partial charge on any atom is -0.411 e. The molecule has 0 aliphatic carbocycles. The zero-order valence-electron chi connectivity index (χ0n) is 4.90. The monoisotopic (exact) mass is 129 g/mol. The molecule has 0 aromatic heterocycles. The molecule has 0 bridgehead atoms. The van der Waals surface area contributed by atoms with Gasteiger partial charge in [-0.2, -0.15) is 5.10 Å². The molecule has 0 aromatic rings. The number of carbonyl (C=O) groups excluding carboxylic acids is 1. The molecule has 5 heteroatoms. The van der Waals surface area contributed by atoms with Crippen LogP contribution < -0.4 is 5.43 Å². The normalized spacial score (nSPS) is 10.8. The van der Waals surface area contributed by atoms with Crippen molar-refractivity contribution < 1.29 is 10.0 Å². The van der Waals surface area contributed by atoms with Gasteiger partial charge in [0.1, 0.15) is 0 Å². The zero-order chi connectivity index (χ0) is 7.11. The molecule has 0 aliphatic heterocycles. The van der Waals surface area contributed by atoms with Crippen molar-refractivity contribution >= 4 is 18.3 Å². The summed E-state index contributed by atoms with van der Waals surface area (Å²) in [6.45, 7) is 1.33. The van der Waals surface area contributed by atoms with Crippen LogP contribution in [0, 0.1) is 0 Å². The SMILES string of the molecule is CC(=O)N/N=C/C=N/O. The van der Waals surface area contributed by atoms with Crippen molar-refractivity contribution in [3.05, 3.63) is 0 Å². The van der Waals surface area contributed by atoms with Gasteiger partial charge in [-0.15, -0.1) is 0 Å². The molecule has 0 rings (SSSR count). The third-order valence-corrected chi connectivity index (χ3v) is 0.430. The molecule has 5 nitrogen and oxygen atoms in total. The Morgan fingerprint density at radius 2 is 2.33 bits per heavy atom. The van der Waals surface area contributed by atoms with Gasteiger partial charge in [0.2, 0.25) is 5.91 Å². The second-order valence-electron chi connectivity index (χ2n) is 1.21. The summed E-state index contributed by atoms with van der Waals surface area (Å²) in [5.74, 6) is -0.266. The molecule has 0 spiro atoms. The molecule has 0 aliphatic rings. The third-order valence-electron chi connectivity index (χ3n) is 0.430. The van der Waals surface area contributed by atoms with E-state index in [1.165, 1.54) is 6.92 Å². The Morgan fingerprint density at radius 3 is 2.78 bits per heavy atom. The smallest absolute Gasteiger partial charge is 0.236 e. The number of nitrogens with one attached hydrogen (secondary N) is 1. The Bertz CT molecular complexity index is 141. The third kappa shape index (κ3) is 6.61. The highest BCUT2D eigenvalue weighted by Crippen LogP contribution is 1.57. The van der Waals surface area contributed by atoms with E-state index < -0.39 is 0 Å². The largest absolute Gasteiger partial charge is 0.411 e. The molecule has 9 heavy (non-hydrogen) atoms.